The molecule has 1 aliphatic heterocycles. The maximum atomic E-state index is 4.82. The normalized spacial score (nSPS) is 17.4. The number of guanidine groups is 1. The number of nitrogens with one attached hydrogen (secondary N) is 1. The van der Waals surface area contributed by atoms with Crippen LogP contribution in [0.5, 0.6) is 0 Å². The number of aromatic nitrogens is 2. The topological polar surface area (TPSA) is 45.5 Å². The fourth-order valence-electron chi connectivity index (χ4n) is 3.27. The van der Waals surface area contributed by atoms with E-state index in [1.807, 2.05) is 17.9 Å². The molecule has 1 unspecified atom stereocenters. The fourth-order valence-corrected chi connectivity index (χ4v) is 3.27. The van der Waals surface area contributed by atoms with Crippen molar-refractivity contribution in [2.45, 2.75) is 25.7 Å². The first-order chi connectivity index (χ1) is 11.8. The Balaban J connectivity index is 0.00000225. The van der Waals surface area contributed by atoms with Gasteiger partial charge in [-0.1, -0.05) is 30.3 Å². The molecule has 3 rings (SSSR count). The molecule has 1 aliphatic rings. The molecule has 2 aromatic rings. The van der Waals surface area contributed by atoms with E-state index >= 15 is 0 Å². The van der Waals surface area contributed by atoms with E-state index in [9.17, 15) is 0 Å². The van der Waals surface area contributed by atoms with Crippen LogP contribution in [-0.4, -0.2) is 46.8 Å². The molecule has 0 radical (unpaired) electrons. The number of nitrogens with zero attached hydrogens (tertiary/aromatic N) is 4. The number of aliphatic imine (C=N–C) groups is 1. The van der Waals surface area contributed by atoms with Crippen LogP contribution in [0.15, 0.2) is 47.7 Å². The molecule has 0 bridgehead atoms. The second kappa shape index (κ2) is 9.79. The van der Waals surface area contributed by atoms with Crippen LogP contribution < -0.4 is 5.32 Å². The summed E-state index contributed by atoms with van der Waals surface area (Å²) in [6, 6.07) is 10.8. The fraction of sp³-hybridized carbons (Fsp3) is 0.474. The van der Waals surface area contributed by atoms with Crippen molar-refractivity contribution in [3.05, 3.63) is 53.9 Å². The third kappa shape index (κ3) is 5.45. The van der Waals surface area contributed by atoms with Gasteiger partial charge >= 0.3 is 0 Å². The molecule has 0 amide bonds. The van der Waals surface area contributed by atoms with Gasteiger partial charge in [-0.15, -0.1) is 24.0 Å². The number of likely N-dealkylation sites (tertiary alicyclic amines) is 1. The molecule has 0 saturated carbocycles. The van der Waals surface area contributed by atoms with E-state index < -0.39 is 0 Å². The molecular formula is C19H28IN5. The van der Waals surface area contributed by atoms with Gasteiger partial charge in [-0.3, -0.25) is 9.67 Å². The van der Waals surface area contributed by atoms with Gasteiger partial charge in [-0.25, -0.2) is 0 Å². The summed E-state index contributed by atoms with van der Waals surface area (Å²) in [5.41, 5.74) is 2.67. The molecule has 1 atom stereocenters. The van der Waals surface area contributed by atoms with E-state index in [4.69, 9.17) is 4.99 Å². The Bertz CT molecular complexity index is 667. The van der Waals surface area contributed by atoms with Crippen molar-refractivity contribution in [2.24, 2.45) is 12.0 Å². The molecule has 25 heavy (non-hydrogen) atoms. The number of hydrogen-bond acceptors (Lipinski definition) is 2. The smallest absolute Gasteiger partial charge is 0.193 e. The second-order valence-electron chi connectivity index (χ2n) is 6.35. The molecule has 1 aromatic heterocycles. The summed E-state index contributed by atoms with van der Waals surface area (Å²) in [5, 5.41) is 7.66. The van der Waals surface area contributed by atoms with E-state index in [0.29, 0.717) is 5.92 Å². The molecule has 6 heteroatoms. The highest BCUT2D eigenvalue weighted by Gasteiger charge is 2.25. The SMILES string of the molecule is CCNC(=NCCc1cnn(C)c1)N1CCC(c2ccccc2)C1.I. The second-order valence-corrected chi connectivity index (χ2v) is 6.35. The predicted molar refractivity (Wildman–Crippen MR) is 114 cm³/mol. The quantitative estimate of drug-likeness (QED) is 0.430. The zero-order valence-electron chi connectivity index (χ0n) is 15.1. The largest absolute Gasteiger partial charge is 0.357 e. The summed E-state index contributed by atoms with van der Waals surface area (Å²) in [6.45, 7) is 5.93. The molecule has 0 aliphatic carbocycles. The Labute approximate surface area is 167 Å². The Hall–Kier alpha value is -1.57. The third-order valence-corrected chi connectivity index (χ3v) is 4.51. The minimum Gasteiger partial charge on any atom is -0.357 e. The highest BCUT2D eigenvalue weighted by molar-refractivity contribution is 14.0. The summed E-state index contributed by atoms with van der Waals surface area (Å²) in [6.07, 6.45) is 6.10. The monoisotopic (exact) mass is 453 g/mol. The van der Waals surface area contributed by atoms with Crippen LogP contribution in [0.2, 0.25) is 0 Å². The lowest BCUT2D eigenvalue weighted by molar-refractivity contribution is 0.486. The molecule has 0 spiro atoms. The van der Waals surface area contributed by atoms with Crippen LogP contribution in [0.4, 0.5) is 0 Å². The average Bonchev–Trinajstić information content (AvgIpc) is 3.24. The summed E-state index contributed by atoms with van der Waals surface area (Å²) in [5.74, 6) is 1.65. The molecule has 1 N–H and O–H groups in total. The maximum absolute atomic E-state index is 4.82. The summed E-state index contributed by atoms with van der Waals surface area (Å²) >= 11 is 0. The average molecular weight is 453 g/mol. The summed E-state index contributed by atoms with van der Waals surface area (Å²) in [7, 11) is 1.95. The molecule has 1 aromatic carbocycles. The van der Waals surface area contributed by atoms with E-state index in [0.717, 1.165) is 38.6 Å². The number of aryl methyl sites for hydroxylation is 1. The third-order valence-electron chi connectivity index (χ3n) is 4.51. The van der Waals surface area contributed by atoms with Crippen molar-refractivity contribution < 1.29 is 0 Å². The molecule has 1 saturated heterocycles. The lowest BCUT2D eigenvalue weighted by Gasteiger charge is -2.21. The number of benzene rings is 1. The number of halogens is 1. The lowest BCUT2D eigenvalue weighted by atomic mass is 9.99. The van der Waals surface area contributed by atoms with Crippen molar-refractivity contribution in [3.63, 3.8) is 0 Å². The first-order valence-electron chi connectivity index (χ1n) is 8.82. The molecule has 1 fully saturated rings. The standard InChI is InChI=1S/C19H27N5.HI/c1-3-20-19(21-11-9-16-13-22-23(2)14-16)24-12-10-18(15-24)17-7-5-4-6-8-17;/h4-8,13-14,18H,3,9-12,15H2,1-2H3,(H,20,21);1H. The summed E-state index contributed by atoms with van der Waals surface area (Å²) in [4.78, 5) is 7.22. The molecule has 136 valence electrons. The van der Waals surface area contributed by atoms with E-state index in [1.165, 1.54) is 17.5 Å². The number of rotatable bonds is 5. The minimum atomic E-state index is 0. The van der Waals surface area contributed by atoms with Gasteiger partial charge in [-0.05, 0) is 30.9 Å². The van der Waals surface area contributed by atoms with E-state index in [-0.39, 0.29) is 24.0 Å². The van der Waals surface area contributed by atoms with Crippen LogP contribution in [0.1, 0.15) is 30.4 Å². The van der Waals surface area contributed by atoms with Crippen LogP contribution in [0.25, 0.3) is 0 Å². The summed E-state index contributed by atoms with van der Waals surface area (Å²) < 4.78 is 1.84. The lowest BCUT2D eigenvalue weighted by Crippen LogP contribution is -2.40. The van der Waals surface area contributed by atoms with E-state index in [1.54, 1.807) is 0 Å². The van der Waals surface area contributed by atoms with Crippen molar-refractivity contribution >= 4 is 29.9 Å². The van der Waals surface area contributed by atoms with Gasteiger partial charge < -0.3 is 10.2 Å². The van der Waals surface area contributed by atoms with Gasteiger partial charge in [0, 0.05) is 45.3 Å². The zero-order valence-corrected chi connectivity index (χ0v) is 17.4. The van der Waals surface area contributed by atoms with Gasteiger partial charge in [0.25, 0.3) is 0 Å². The molecular weight excluding hydrogens is 425 g/mol. The first kappa shape index (κ1) is 19.8. The highest BCUT2D eigenvalue weighted by atomic mass is 127. The van der Waals surface area contributed by atoms with Crippen LogP contribution >= 0.6 is 24.0 Å². The van der Waals surface area contributed by atoms with Crippen LogP contribution in [-0.2, 0) is 13.5 Å². The zero-order chi connectivity index (χ0) is 16.8. The molecule has 2 heterocycles. The van der Waals surface area contributed by atoms with Gasteiger partial charge in [-0.2, -0.15) is 5.10 Å². The first-order valence-corrected chi connectivity index (χ1v) is 8.82. The Morgan fingerprint density at radius 1 is 1.32 bits per heavy atom. The maximum Gasteiger partial charge on any atom is 0.193 e. The van der Waals surface area contributed by atoms with Crippen molar-refractivity contribution in [1.82, 2.24) is 20.0 Å². The highest BCUT2D eigenvalue weighted by Crippen LogP contribution is 2.26. The van der Waals surface area contributed by atoms with Gasteiger partial charge in [0.1, 0.15) is 0 Å². The Kier molecular flexibility index (Phi) is 7.74. The Morgan fingerprint density at radius 3 is 2.80 bits per heavy atom. The van der Waals surface area contributed by atoms with Gasteiger partial charge in [0.05, 0.1) is 6.20 Å². The Morgan fingerprint density at radius 2 is 2.12 bits per heavy atom. The van der Waals surface area contributed by atoms with E-state index in [2.05, 4.69) is 58.8 Å². The molecule has 5 nitrogen and oxygen atoms in total. The van der Waals surface area contributed by atoms with Crippen molar-refractivity contribution in [3.8, 4) is 0 Å². The number of hydrogen-bond donors (Lipinski definition) is 1. The van der Waals surface area contributed by atoms with Crippen LogP contribution in [0.3, 0.4) is 0 Å². The van der Waals surface area contributed by atoms with Gasteiger partial charge in [0.2, 0.25) is 0 Å². The predicted octanol–water partition coefficient (Wildman–Crippen LogP) is 3.04. The minimum absolute atomic E-state index is 0. The van der Waals surface area contributed by atoms with Gasteiger partial charge in [0.15, 0.2) is 5.96 Å². The van der Waals surface area contributed by atoms with Crippen molar-refractivity contribution in [2.75, 3.05) is 26.2 Å². The van der Waals surface area contributed by atoms with Crippen molar-refractivity contribution in [1.29, 1.82) is 0 Å². The van der Waals surface area contributed by atoms with Crippen LogP contribution in [0, 0.1) is 0 Å².